The van der Waals surface area contributed by atoms with Crippen molar-refractivity contribution in [2.75, 3.05) is 6.61 Å². The molecular formula is C15H21N3O2. The van der Waals surface area contributed by atoms with Crippen LogP contribution in [0.2, 0.25) is 0 Å². The lowest BCUT2D eigenvalue weighted by molar-refractivity contribution is 0.0528. The third-order valence-corrected chi connectivity index (χ3v) is 3.14. The van der Waals surface area contributed by atoms with Crippen LogP contribution in [0.3, 0.4) is 0 Å². The smallest absolute Gasteiger partial charge is 0.340 e. The van der Waals surface area contributed by atoms with Crippen LogP contribution < -0.4 is 5.73 Å². The van der Waals surface area contributed by atoms with Gasteiger partial charge in [-0.25, -0.2) is 9.78 Å². The number of carbonyl (C=O) groups excluding carboxylic acids is 1. The van der Waals surface area contributed by atoms with Crippen molar-refractivity contribution in [3.05, 3.63) is 30.1 Å². The van der Waals surface area contributed by atoms with Gasteiger partial charge in [0, 0.05) is 12.1 Å². The number of carbonyl (C=O) groups is 1. The second kappa shape index (κ2) is 5.63. The van der Waals surface area contributed by atoms with Gasteiger partial charge in [-0.15, -0.1) is 0 Å². The molecule has 0 spiro atoms. The molecule has 2 aromatic rings. The molecule has 5 heteroatoms. The highest BCUT2D eigenvalue weighted by atomic mass is 16.5. The summed E-state index contributed by atoms with van der Waals surface area (Å²) < 4.78 is 7.07. The zero-order valence-corrected chi connectivity index (χ0v) is 12.2. The van der Waals surface area contributed by atoms with Gasteiger partial charge in [0.2, 0.25) is 0 Å². The lowest BCUT2D eigenvalue weighted by Gasteiger charge is -2.18. The van der Waals surface area contributed by atoms with Crippen LogP contribution in [0.4, 0.5) is 0 Å². The number of hydrogen-bond acceptors (Lipinski definition) is 4. The fraction of sp³-hybridized carbons (Fsp3) is 0.467. The minimum Gasteiger partial charge on any atom is -0.462 e. The molecule has 1 aromatic carbocycles. The van der Waals surface area contributed by atoms with E-state index in [-0.39, 0.29) is 11.5 Å². The Hall–Kier alpha value is -1.88. The topological polar surface area (TPSA) is 70.1 Å². The molecule has 20 heavy (non-hydrogen) atoms. The lowest BCUT2D eigenvalue weighted by Crippen LogP contribution is -2.33. The summed E-state index contributed by atoms with van der Waals surface area (Å²) in [5.74, 6) is -0.331. The molecule has 0 aliphatic heterocycles. The summed E-state index contributed by atoms with van der Waals surface area (Å²) in [6, 6.07) is 5.54. The molecule has 0 fully saturated rings. The van der Waals surface area contributed by atoms with Crippen LogP contribution in [-0.4, -0.2) is 27.7 Å². The Kier molecular flexibility index (Phi) is 4.09. The van der Waals surface area contributed by atoms with E-state index in [1.807, 2.05) is 30.5 Å². The van der Waals surface area contributed by atoms with Gasteiger partial charge in [-0.05, 0) is 39.3 Å². The molecule has 0 bridgehead atoms. The number of nitrogens with zero attached hydrogens (tertiary/aromatic N) is 2. The molecule has 0 amide bonds. The predicted octanol–water partition coefficient (Wildman–Crippen LogP) is 2.34. The first-order chi connectivity index (χ1) is 9.42. The summed E-state index contributed by atoms with van der Waals surface area (Å²) in [4.78, 5) is 16.2. The quantitative estimate of drug-likeness (QED) is 0.850. The van der Waals surface area contributed by atoms with Crippen LogP contribution in [0.25, 0.3) is 11.0 Å². The number of benzene rings is 1. The largest absolute Gasteiger partial charge is 0.462 e. The summed E-state index contributed by atoms with van der Waals surface area (Å²) in [7, 11) is 0. The Morgan fingerprint density at radius 1 is 1.45 bits per heavy atom. The highest BCUT2D eigenvalue weighted by Crippen LogP contribution is 2.19. The SMILES string of the molecule is CCOC(=O)c1cccc2c1ncn2CCC(C)(C)N. The number of rotatable bonds is 5. The molecule has 5 nitrogen and oxygen atoms in total. The van der Waals surface area contributed by atoms with E-state index in [9.17, 15) is 4.79 Å². The van der Waals surface area contributed by atoms with Crippen LogP contribution in [-0.2, 0) is 11.3 Å². The molecule has 0 atom stereocenters. The van der Waals surface area contributed by atoms with Crippen molar-refractivity contribution in [2.24, 2.45) is 5.73 Å². The average molecular weight is 275 g/mol. The molecule has 0 aliphatic carbocycles. The molecule has 2 rings (SSSR count). The third-order valence-electron chi connectivity index (χ3n) is 3.14. The van der Waals surface area contributed by atoms with Gasteiger partial charge in [-0.1, -0.05) is 6.07 Å². The van der Waals surface area contributed by atoms with E-state index < -0.39 is 0 Å². The zero-order valence-electron chi connectivity index (χ0n) is 12.2. The first-order valence-corrected chi connectivity index (χ1v) is 6.82. The zero-order chi connectivity index (χ0) is 14.8. The molecule has 2 N–H and O–H groups in total. The second-order valence-corrected chi connectivity index (χ2v) is 5.57. The second-order valence-electron chi connectivity index (χ2n) is 5.57. The van der Waals surface area contributed by atoms with E-state index in [4.69, 9.17) is 10.5 Å². The Morgan fingerprint density at radius 3 is 2.85 bits per heavy atom. The van der Waals surface area contributed by atoms with Gasteiger partial charge in [0.1, 0.15) is 5.52 Å². The molecule has 1 heterocycles. The molecule has 0 radical (unpaired) electrons. The molecule has 0 aliphatic rings. The van der Waals surface area contributed by atoms with Crippen molar-refractivity contribution in [3.8, 4) is 0 Å². The average Bonchev–Trinajstić information content (AvgIpc) is 2.78. The molecule has 0 unspecified atom stereocenters. The van der Waals surface area contributed by atoms with E-state index in [0.717, 1.165) is 18.5 Å². The van der Waals surface area contributed by atoms with E-state index in [2.05, 4.69) is 4.98 Å². The van der Waals surface area contributed by atoms with E-state index >= 15 is 0 Å². The minimum absolute atomic E-state index is 0.227. The highest BCUT2D eigenvalue weighted by Gasteiger charge is 2.16. The van der Waals surface area contributed by atoms with Crippen LogP contribution in [0, 0.1) is 0 Å². The number of aromatic nitrogens is 2. The van der Waals surface area contributed by atoms with E-state index in [1.165, 1.54) is 0 Å². The number of nitrogens with two attached hydrogens (primary N) is 1. The summed E-state index contributed by atoms with van der Waals surface area (Å²) in [5.41, 5.74) is 7.90. The van der Waals surface area contributed by atoms with Crippen LogP contribution in [0.1, 0.15) is 37.6 Å². The van der Waals surface area contributed by atoms with Crippen molar-refractivity contribution < 1.29 is 9.53 Å². The predicted molar refractivity (Wildman–Crippen MR) is 78.6 cm³/mol. The van der Waals surface area contributed by atoms with Gasteiger partial charge in [0.15, 0.2) is 0 Å². The molecule has 0 saturated heterocycles. The fourth-order valence-corrected chi connectivity index (χ4v) is 2.05. The first kappa shape index (κ1) is 14.5. The van der Waals surface area contributed by atoms with E-state index in [0.29, 0.717) is 17.7 Å². The van der Waals surface area contributed by atoms with Gasteiger partial charge >= 0.3 is 5.97 Å². The van der Waals surface area contributed by atoms with Crippen LogP contribution >= 0.6 is 0 Å². The fourth-order valence-electron chi connectivity index (χ4n) is 2.05. The maximum Gasteiger partial charge on any atom is 0.340 e. The Morgan fingerprint density at radius 2 is 2.20 bits per heavy atom. The van der Waals surface area contributed by atoms with Crippen LogP contribution in [0.15, 0.2) is 24.5 Å². The molecule has 108 valence electrons. The van der Waals surface area contributed by atoms with Gasteiger partial charge in [-0.3, -0.25) is 0 Å². The number of fused-ring (bicyclic) bond motifs is 1. The standard InChI is InChI=1S/C15H21N3O2/c1-4-20-14(19)11-6-5-7-12-13(11)17-10-18(12)9-8-15(2,3)16/h5-7,10H,4,8-9,16H2,1-3H3. The number of ether oxygens (including phenoxy) is 1. The highest BCUT2D eigenvalue weighted by molar-refractivity contribution is 6.01. The number of hydrogen-bond donors (Lipinski definition) is 1. The van der Waals surface area contributed by atoms with Crippen molar-refractivity contribution in [3.63, 3.8) is 0 Å². The van der Waals surface area contributed by atoms with Crippen molar-refractivity contribution in [1.82, 2.24) is 9.55 Å². The molecule has 1 aromatic heterocycles. The van der Waals surface area contributed by atoms with Gasteiger partial charge in [0.25, 0.3) is 0 Å². The van der Waals surface area contributed by atoms with Gasteiger partial charge in [-0.2, -0.15) is 0 Å². The first-order valence-electron chi connectivity index (χ1n) is 6.82. The van der Waals surface area contributed by atoms with Crippen molar-refractivity contribution in [1.29, 1.82) is 0 Å². The summed E-state index contributed by atoms with van der Waals surface area (Å²) in [6.45, 7) is 6.91. The van der Waals surface area contributed by atoms with Gasteiger partial charge in [0.05, 0.1) is 24.0 Å². The van der Waals surface area contributed by atoms with Crippen molar-refractivity contribution in [2.45, 2.75) is 39.3 Å². The number of imidazole rings is 1. The van der Waals surface area contributed by atoms with Gasteiger partial charge < -0.3 is 15.0 Å². The van der Waals surface area contributed by atoms with Crippen LogP contribution in [0.5, 0.6) is 0 Å². The summed E-state index contributed by atoms with van der Waals surface area (Å²) in [6.07, 6.45) is 2.58. The summed E-state index contributed by atoms with van der Waals surface area (Å²) in [5, 5.41) is 0. The third kappa shape index (κ3) is 3.17. The normalized spacial score (nSPS) is 11.8. The Labute approximate surface area is 118 Å². The minimum atomic E-state index is -0.331. The number of esters is 1. The monoisotopic (exact) mass is 275 g/mol. The van der Waals surface area contributed by atoms with Crippen molar-refractivity contribution >= 4 is 17.0 Å². The lowest BCUT2D eigenvalue weighted by atomic mass is 10.0. The van der Waals surface area contributed by atoms with E-state index in [1.54, 1.807) is 19.3 Å². The maximum absolute atomic E-state index is 11.9. The molecule has 0 saturated carbocycles. The summed E-state index contributed by atoms with van der Waals surface area (Å²) >= 11 is 0. The Balaban J connectivity index is 2.32. The molecular weight excluding hydrogens is 254 g/mol. The maximum atomic E-state index is 11.9. The number of para-hydroxylation sites is 1. The Bertz CT molecular complexity index is 611. The number of aryl methyl sites for hydroxylation is 1.